The van der Waals surface area contributed by atoms with E-state index in [0.717, 1.165) is 58.1 Å². The number of H-pyrrole nitrogens is 1. The van der Waals surface area contributed by atoms with Crippen LogP contribution in [0.5, 0.6) is 0 Å². The van der Waals surface area contributed by atoms with E-state index >= 15 is 0 Å². The molecule has 5 nitrogen and oxygen atoms in total. The van der Waals surface area contributed by atoms with Crippen LogP contribution < -0.4 is 5.32 Å². The SMILES string of the molecule is OC1CCCCC1Nc1ccc(-c2c[nH]c3ncc(Br)cc23)cn1. The first-order valence-corrected chi connectivity index (χ1v) is 9.04. The van der Waals surface area contributed by atoms with Gasteiger partial charge in [0.1, 0.15) is 11.5 Å². The molecule has 4 rings (SSSR count). The first kappa shape index (κ1) is 15.6. The normalized spacial score (nSPS) is 21.1. The van der Waals surface area contributed by atoms with E-state index in [9.17, 15) is 5.11 Å². The minimum absolute atomic E-state index is 0.102. The molecule has 0 saturated heterocycles. The Morgan fingerprint density at radius 3 is 2.83 bits per heavy atom. The largest absolute Gasteiger partial charge is 0.391 e. The second-order valence-corrected chi connectivity index (χ2v) is 7.20. The smallest absolute Gasteiger partial charge is 0.137 e. The predicted molar refractivity (Wildman–Crippen MR) is 98.9 cm³/mol. The first-order valence-electron chi connectivity index (χ1n) is 8.24. The average Bonchev–Trinajstić information content (AvgIpc) is 3.01. The summed E-state index contributed by atoms with van der Waals surface area (Å²) < 4.78 is 0.952. The van der Waals surface area contributed by atoms with Gasteiger partial charge in [0.15, 0.2) is 0 Å². The van der Waals surface area contributed by atoms with Crippen molar-refractivity contribution in [3.63, 3.8) is 0 Å². The minimum atomic E-state index is -0.280. The van der Waals surface area contributed by atoms with Crippen LogP contribution in [0.15, 0.2) is 41.3 Å². The van der Waals surface area contributed by atoms with Gasteiger partial charge in [-0.15, -0.1) is 0 Å². The molecule has 2 unspecified atom stereocenters. The number of anilines is 1. The van der Waals surface area contributed by atoms with Crippen molar-refractivity contribution in [2.75, 3.05) is 5.32 Å². The number of halogens is 1. The van der Waals surface area contributed by atoms with Crippen molar-refractivity contribution in [1.82, 2.24) is 15.0 Å². The first-order chi connectivity index (χ1) is 11.7. The number of nitrogens with zero attached hydrogens (tertiary/aromatic N) is 2. The molecule has 1 aliphatic carbocycles. The Morgan fingerprint density at radius 2 is 2.04 bits per heavy atom. The van der Waals surface area contributed by atoms with Crippen LogP contribution in [-0.2, 0) is 0 Å². The van der Waals surface area contributed by atoms with E-state index in [-0.39, 0.29) is 12.1 Å². The van der Waals surface area contributed by atoms with Crippen LogP contribution >= 0.6 is 15.9 Å². The molecule has 1 fully saturated rings. The van der Waals surface area contributed by atoms with Crippen LogP contribution in [0.1, 0.15) is 25.7 Å². The zero-order valence-corrected chi connectivity index (χ0v) is 14.8. The summed E-state index contributed by atoms with van der Waals surface area (Å²) in [6.07, 6.45) is 9.45. The average molecular weight is 387 g/mol. The Balaban J connectivity index is 1.57. The van der Waals surface area contributed by atoms with Gasteiger partial charge in [-0.1, -0.05) is 12.8 Å². The van der Waals surface area contributed by atoms with Crippen LogP contribution in [0, 0.1) is 0 Å². The lowest BCUT2D eigenvalue weighted by Crippen LogP contribution is -2.36. The molecule has 6 heteroatoms. The van der Waals surface area contributed by atoms with Gasteiger partial charge in [0.05, 0.1) is 12.1 Å². The number of aromatic amines is 1. The monoisotopic (exact) mass is 386 g/mol. The summed E-state index contributed by atoms with van der Waals surface area (Å²) in [6.45, 7) is 0. The molecule has 0 spiro atoms. The van der Waals surface area contributed by atoms with E-state index in [1.54, 1.807) is 6.20 Å². The van der Waals surface area contributed by atoms with Crippen molar-refractivity contribution >= 4 is 32.8 Å². The number of fused-ring (bicyclic) bond motifs is 1. The lowest BCUT2D eigenvalue weighted by atomic mass is 9.92. The second-order valence-electron chi connectivity index (χ2n) is 6.29. The van der Waals surface area contributed by atoms with Crippen molar-refractivity contribution in [3.05, 3.63) is 41.3 Å². The van der Waals surface area contributed by atoms with Crippen molar-refractivity contribution in [2.45, 2.75) is 37.8 Å². The van der Waals surface area contributed by atoms with Gasteiger partial charge >= 0.3 is 0 Å². The zero-order chi connectivity index (χ0) is 16.5. The highest BCUT2D eigenvalue weighted by Crippen LogP contribution is 2.30. The number of rotatable bonds is 3. The highest BCUT2D eigenvalue weighted by atomic mass is 79.9. The summed E-state index contributed by atoms with van der Waals surface area (Å²) >= 11 is 3.47. The molecule has 3 aromatic rings. The Labute approximate surface area is 148 Å². The molecule has 0 aliphatic heterocycles. The molecule has 3 N–H and O–H groups in total. The third-order valence-electron chi connectivity index (χ3n) is 4.63. The zero-order valence-electron chi connectivity index (χ0n) is 13.2. The van der Waals surface area contributed by atoms with Gasteiger partial charge < -0.3 is 15.4 Å². The molecule has 2 atom stereocenters. The Morgan fingerprint density at radius 1 is 1.17 bits per heavy atom. The van der Waals surface area contributed by atoms with Crippen LogP contribution in [0.3, 0.4) is 0 Å². The summed E-state index contributed by atoms with van der Waals surface area (Å²) in [5.74, 6) is 0.809. The second kappa shape index (κ2) is 6.53. The van der Waals surface area contributed by atoms with Gasteiger partial charge in [0.25, 0.3) is 0 Å². The van der Waals surface area contributed by atoms with Gasteiger partial charge in [0.2, 0.25) is 0 Å². The van der Waals surface area contributed by atoms with E-state index in [0.29, 0.717) is 0 Å². The van der Waals surface area contributed by atoms with Gasteiger partial charge in [0, 0.05) is 39.6 Å². The van der Waals surface area contributed by atoms with E-state index in [2.05, 4.69) is 42.3 Å². The third-order valence-corrected chi connectivity index (χ3v) is 5.07. The third kappa shape index (κ3) is 3.03. The molecule has 0 radical (unpaired) electrons. The number of aliphatic hydroxyl groups excluding tert-OH is 1. The van der Waals surface area contributed by atoms with Gasteiger partial charge in [-0.05, 0) is 47.0 Å². The highest BCUT2D eigenvalue weighted by molar-refractivity contribution is 9.10. The molecule has 24 heavy (non-hydrogen) atoms. The molecule has 1 aliphatic rings. The molecule has 1 saturated carbocycles. The lowest BCUT2D eigenvalue weighted by Gasteiger charge is -2.28. The number of aliphatic hydroxyl groups is 1. The van der Waals surface area contributed by atoms with Crippen LogP contribution in [0.4, 0.5) is 5.82 Å². The standard InChI is InChI=1S/C18H19BrN4O/c19-12-7-13-14(10-22-18(13)21-9-12)11-5-6-17(20-8-11)23-15-3-1-2-4-16(15)24/h5-10,15-16,24H,1-4H2,(H,20,23)(H,21,22). The fourth-order valence-electron chi connectivity index (χ4n) is 3.32. The Hall–Kier alpha value is -1.92. The molecule has 0 bridgehead atoms. The summed E-state index contributed by atoms with van der Waals surface area (Å²) in [5.41, 5.74) is 2.98. The highest BCUT2D eigenvalue weighted by Gasteiger charge is 2.22. The molecule has 3 aromatic heterocycles. The fraction of sp³-hybridized carbons (Fsp3) is 0.333. The van der Waals surface area contributed by atoms with E-state index in [4.69, 9.17) is 0 Å². The van der Waals surface area contributed by atoms with Gasteiger partial charge in [-0.25, -0.2) is 9.97 Å². The van der Waals surface area contributed by atoms with E-state index in [1.165, 1.54) is 0 Å². The molecule has 0 amide bonds. The van der Waals surface area contributed by atoms with Gasteiger partial charge in [-0.2, -0.15) is 0 Å². The van der Waals surface area contributed by atoms with Crippen LogP contribution in [0.25, 0.3) is 22.2 Å². The Bertz CT molecular complexity index is 846. The fourth-order valence-corrected chi connectivity index (χ4v) is 3.66. The van der Waals surface area contributed by atoms with Gasteiger partial charge in [-0.3, -0.25) is 0 Å². The van der Waals surface area contributed by atoms with E-state index in [1.807, 2.05) is 24.5 Å². The summed E-state index contributed by atoms with van der Waals surface area (Å²) in [6, 6.07) is 6.18. The molecular formula is C18H19BrN4O. The quantitative estimate of drug-likeness (QED) is 0.633. The maximum absolute atomic E-state index is 10.1. The number of hydrogen-bond acceptors (Lipinski definition) is 4. The number of hydrogen-bond donors (Lipinski definition) is 3. The minimum Gasteiger partial charge on any atom is -0.391 e. The van der Waals surface area contributed by atoms with E-state index < -0.39 is 0 Å². The summed E-state index contributed by atoms with van der Waals surface area (Å²) in [7, 11) is 0. The van der Waals surface area contributed by atoms with Crippen molar-refractivity contribution in [1.29, 1.82) is 0 Å². The molecular weight excluding hydrogens is 368 g/mol. The summed E-state index contributed by atoms with van der Waals surface area (Å²) in [5, 5.41) is 14.5. The molecule has 124 valence electrons. The topological polar surface area (TPSA) is 73.8 Å². The van der Waals surface area contributed by atoms with Crippen LogP contribution in [-0.4, -0.2) is 32.2 Å². The van der Waals surface area contributed by atoms with Crippen molar-refractivity contribution in [3.8, 4) is 11.1 Å². The maximum atomic E-state index is 10.1. The van der Waals surface area contributed by atoms with Crippen molar-refractivity contribution < 1.29 is 5.11 Å². The molecule has 3 heterocycles. The number of aromatic nitrogens is 3. The van der Waals surface area contributed by atoms with Crippen LogP contribution in [0.2, 0.25) is 0 Å². The Kier molecular flexibility index (Phi) is 4.24. The van der Waals surface area contributed by atoms with Crippen molar-refractivity contribution in [2.24, 2.45) is 0 Å². The lowest BCUT2D eigenvalue weighted by molar-refractivity contribution is 0.116. The maximum Gasteiger partial charge on any atom is 0.137 e. The number of pyridine rings is 2. The summed E-state index contributed by atoms with van der Waals surface area (Å²) in [4.78, 5) is 12.1. The predicted octanol–water partition coefficient (Wildman–Crippen LogP) is 4.10. The molecule has 0 aromatic carbocycles. The number of nitrogens with one attached hydrogen (secondary N) is 2.